The molecule has 0 N–H and O–H groups in total. The number of hydrogen-bond acceptors (Lipinski definition) is 2. The van der Waals surface area contributed by atoms with Crippen molar-refractivity contribution in [2.45, 2.75) is 14.4 Å². The maximum atomic E-state index is 5.51. The summed E-state index contributed by atoms with van der Waals surface area (Å²) in [5.41, 5.74) is 1.23. The van der Waals surface area contributed by atoms with Gasteiger partial charge in [-0.15, -0.1) is 0 Å². The van der Waals surface area contributed by atoms with Crippen molar-refractivity contribution in [3.05, 3.63) is 24.3 Å². The van der Waals surface area contributed by atoms with Crippen molar-refractivity contribution in [1.82, 2.24) is 0 Å². The lowest BCUT2D eigenvalue weighted by molar-refractivity contribution is 0.308. The Morgan fingerprint density at radius 3 is 2.92 bits per heavy atom. The van der Waals surface area contributed by atoms with Crippen molar-refractivity contribution in [2.75, 3.05) is 24.6 Å². The smallest absolute Gasteiger partial charge is 0.142 e. The molecule has 2 heteroatoms. The fraction of sp³-hybridized carbons (Fsp3) is 0.455. The van der Waals surface area contributed by atoms with Gasteiger partial charge < -0.3 is 9.64 Å². The number of rotatable bonds is 1. The Balaban J connectivity index is 0.000000845. The molecule has 13 heavy (non-hydrogen) atoms. The molecule has 2 rings (SSSR count). The van der Waals surface area contributed by atoms with Gasteiger partial charge in [-0.3, -0.25) is 0 Å². The molecule has 0 saturated heterocycles. The lowest BCUT2D eigenvalue weighted by Crippen LogP contribution is -2.32. The average Bonchev–Trinajstić information content (AvgIpc) is 2.17. The van der Waals surface area contributed by atoms with E-state index in [9.17, 15) is 0 Å². The summed E-state index contributed by atoms with van der Waals surface area (Å²) in [7, 11) is 0. The van der Waals surface area contributed by atoms with E-state index in [0.717, 1.165) is 25.4 Å². The molecule has 1 aromatic carbocycles. The highest BCUT2D eigenvalue weighted by Crippen LogP contribution is 2.30. The molecule has 0 unspecified atom stereocenters. The van der Waals surface area contributed by atoms with E-state index in [-0.39, 0.29) is 7.43 Å². The highest BCUT2D eigenvalue weighted by molar-refractivity contribution is 5.59. The van der Waals surface area contributed by atoms with Gasteiger partial charge in [-0.25, -0.2) is 0 Å². The average molecular weight is 179 g/mol. The van der Waals surface area contributed by atoms with Gasteiger partial charge >= 0.3 is 0 Å². The maximum absolute atomic E-state index is 5.51. The predicted octanol–water partition coefficient (Wildman–Crippen LogP) is 2.54. The first-order chi connectivity index (χ1) is 5.92. The van der Waals surface area contributed by atoms with Crippen molar-refractivity contribution in [3.63, 3.8) is 0 Å². The molecule has 0 saturated carbocycles. The second-order valence-corrected chi connectivity index (χ2v) is 2.90. The lowest BCUT2D eigenvalue weighted by atomic mass is 10.2. The Hall–Kier alpha value is -1.18. The Morgan fingerprint density at radius 1 is 1.38 bits per heavy atom. The molecule has 0 aromatic heterocycles. The van der Waals surface area contributed by atoms with Crippen molar-refractivity contribution in [1.29, 1.82) is 0 Å². The summed E-state index contributed by atoms with van der Waals surface area (Å²) in [4.78, 5) is 2.33. The largest absolute Gasteiger partial charge is 0.490 e. The molecule has 0 spiro atoms. The molecule has 0 fully saturated rings. The van der Waals surface area contributed by atoms with Crippen LogP contribution in [0.3, 0.4) is 0 Å². The summed E-state index contributed by atoms with van der Waals surface area (Å²) in [5, 5.41) is 0. The van der Waals surface area contributed by atoms with E-state index < -0.39 is 0 Å². The first-order valence-electron chi connectivity index (χ1n) is 4.38. The van der Waals surface area contributed by atoms with Crippen molar-refractivity contribution in [3.8, 4) is 5.75 Å². The summed E-state index contributed by atoms with van der Waals surface area (Å²) in [5.74, 6) is 1.02. The number of benzene rings is 1. The molecule has 2 nitrogen and oxygen atoms in total. The second kappa shape index (κ2) is 4.17. The minimum Gasteiger partial charge on any atom is -0.490 e. The molecule has 1 heterocycles. The highest BCUT2D eigenvalue weighted by atomic mass is 16.5. The van der Waals surface area contributed by atoms with Gasteiger partial charge in [-0.05, 0) is 19.1 Å². The van der Waals surface area contributed by atoms with Gasteiger partial charge in [0.2, 0.25) is 0 Å². The maximum Gasteiger partial charge on any atom is 0.142 e. The number of nitrogens with zero attached hydrogens (tertiary/aromatic N) is 1. The standard InChI is InChI=1S/C10H13NO.CH4/c1-2-11-7-8-12-10-6-4-3-5-9(10)11;/h3-6H,2,7-8H2,1H3;1H4. The molecule has 72 valence electrons. The summed E-state index contributed by atoms with van der Waals surface area (Å²) >= 11 is 0. The van der Waals surface area contributed by atoms with E-state index in [1.807, 2.05) is 12.1 Å². The summed E-state index contributed by atoms with van der Waals surface area (Å²) in [6.45, 7) is 5.04. The fourth-order valence-electron chi connectivity index (χ4n) is 1.56. The van der Waals surface area contributed by atoms with Crippen LogP contribution in [-0.2, 0) is 0 Å². The Kier molecular flexibility index (Phi) is 3.18. The van der Waals surface area contributed by atoms with Crippen LogP contribution in [-0.4, -0.2) is 19.7 Å². The van der Waals surface area contributed by atoms with Crippen LogP contribution in [0.4, 0.5) is 5.69 Å². The van der Waals surface area contributed by atoms with E-state index in [0.29, 0.717) is 0 Å². The minimum atomic E-state index is 0. The van der Waals surface area contributed by atoms with Gasteiger partial charge in [-0.2, -0.15) is 0 Å². The molecular weight excluding hydrogens is 162 g/mol. The monoisotopic (exact) mass is 179 g/mol. The van der Waals surface area contributed by atoms with E-state index in [2.05, 4.69) is 24.0 Å². The van der Waals surface area contributed by atoms with E-state index >= 15 is 0 Å². The normalized spacial score (nSPS) is 14.1. The Morgan fingerprint density at radius 2 is 2.15 bits per heavy atom. The Bertz CT molecular complexity index is 273. The third-order valence-electron chi connectivity index (χ3n) is 2.21. The highest BCUT2D eigenvalue weighted by Gasteiger charge is 2.14. The first kappa shape index (κ1) is 9.90. The first-order valence-corrected chi connectivity index (χ1v) is 4.38. The van der Waals surface area contributed by atoms with Crippen LogP contribution in [0.5, 0.6) is 5.75 Å². The third-order valence-corrected chi connectivity index (χ3v) is 2.21. The van der Waals surface area contributed by atoms with Crippen LogP contribution in [0, 0.1) is 0 Å². The molecule has 0 atom stereocenters. The summed E-state index contributed by atoms with van der Waals surface area (Å²) in [6.07, 6.45) is 0. The third kappa shape index (κ3) is 1.77. The van der Waals surface area contributed by atoms with E-state index in [1.54, 1.807) is 0 Å². The van der Waals surface area contributed by atoms with Gasteiger partial charge in [0.15, 0.2) is 0 Å². The second-order valence-electron chi connectivity index (χ2n) is 2.90. The minimum absolute atomic E-state index is 0. The van der Waals surface area contributed by atoms with E-state index in [1.165, 1.54) is 5.69 Å². The zero-order valence-corrected chi connectivity index (χ0v) is 7.29. The van der Waals surface area contributed by atoms with Crippen LogP contribution in [0.2, 0.25) is 0 Å². The fourth-order valence-corrected chi connectivity index (χ4v) is 1.56. The summed E-state index contributed by atoms with van der Waals surface area (Å²) in [6, 6.07) is 8.20. The van der Waals surface area contributed by atoms with Gasteiger partial charge in [-0.1, -0.05) is 19.6 Å². The molecular formula is C11H17NO. The van der Waals surface area contributed by atoms with Gasteiger partial charge in [0.25, 0.3) is 0 Å². The number of ether oxygens (including phenoxy) is 1. The van der Waals surface area contributed by atoms with Crippen molar-refractivity contribution < 1.29 is 4.74 Å². The van der Waals surface area contributed by atoms with Crippen LogP contribution < -0.4 is 9.64 Å². The SMILES string of the molecule is C.CCN1CCOc2ccccc21. The molecule has 1 aliphatic rings. The summed E-state index contributed by atoms with van der Waals surface area (Å²) < 4.78 is 5.51. The topological polar surface area (TPSA) is 12.5 Å². The molecule has 0 bridgehead atoms. The molecule has 1 aromatic rings. The van der Waals surface area contributed by atoms with E-state index in [4.69, 9.17) is 4.74 Å². The molecule has 0 radical (unpaired) electrons. The zero-order valence-electron chi connectivity index (χ0n) is 7.29. The van der Waals surface area contributed by atoms with Crippen LogP contribution in [0.15, 0.2) is 24.3 Å². The Labute approximate surface area is 80.1 Å². The molecule has 0 aliphatic carbocycles. The van der Waals surface area contributed by atoms with Crippen LogP contribution in [0.1, 0.15) is 14.4 Å². The van der Waals surface area contributed by atoms with Crippen molar-refractivity contribution >= 4 is 5.69 Å². The molecule has 0 amide bonds. The zero-order chi connectivity index (χ0) is 8.39. The number of likely N-dealkylation sites (N-methyl/N-ethyl adjacent to an activating group) is 1. The number of hydrogen-bond donors (Lipinski definition) is 0. The predicted molar refractivity (Wildman–Crippen MR) is 56.6 cm³/mol. The number of anilines is 1. The van der Waals surface area contributed by atoms with Gasteiger partial charge in [0.1, 0.15) is 12.4 Å². The quantitative estimate of drug-likeness (QED) is 0.657. The number of para-hydroxylation sites is 2. The lowest BCUT2D eigenvalue weighted by Gasteiger charge is -2.29. The van der Waals surface area contributed by atoms with Crippen LogP contribution in [0.25, 0.3) is 0 Å². The van der Waals surface area contributed by atoms with Crippen molar-refractivity contribution in [2.24, 2.45) is 0 Å². The number of fused-ring (bicyclic) bond motifs is 1. The van der Waals surface area contributed by atoms with Gasteiger partial charge in [0.05, 0.1) is 12.2 Å². The van der Waals surface area contributed by atoms with Gasteiger partial charge in [0, 0.05) is 6.54 Å². The van der Waals surface area contributed by atoms with Crippen LogP contribution >= 0.6 is 0 Å². The molecule has 1 aliphatic heterocycles.